The van der Waals surface area contributed by atoms with Gasteiger partial charge in [0.05, 0.1) is 0 Å². The van der Waals surface area contributed by atoms with Crippen molar-refractivity contribution in [3.63, 3.8) is 0 Å². The van der Waals surface area contributed by atoms with Crippen LogP contribution in [0, 0.1) is 0 Å². The van der Waals surface area contributed by atoms with Crippen molar-refractivity contribution in [1.29, 1.82) is 0 Å². The number of ether oxygens (including phenoxy) is 1. The number of unbranched alkanes of at least 4 members (excludes halogenated alkanes) is 2. The highest BCUT2D eigenvalue weighted by atomic mass is 19.4. The fourth-order valence-electron chi connectivity index (χ4n) is 2.52. The lowest BCUT2D eigenvalue weighted by atomic mass is 9.95. The summed E-state index contributed by atoms with van der Waals surface area (Å²) in [4.78, 5) is 0. The largest absolute Gasteiger partial charge is 0.380 e. The average molecular weight is 558 g/mol. The van der Waals surface area contributed by atoms with Crippen molar-refractivity contribution in [3.05, 3.63) is 0 Å². The highest BCUT2D eigenvalue weighted by molar-refractivity contribution is 5.05. The summed E-state index contributed by atoms with van der Waals surface area (Å²) in [5, 5.41) is 0. The van der Waals surface area contributed by atoms with Crippen LogP contribution in [0.5, 0.6) is 0 Å². The molecule has 0 atom stereocenters. The molecular weight excluding hydrogens is 536 g/mol. The molecule has 17 heteroatoms. The van der Waals surface area contributed by atoms with Gasteiger partial charge in [-0.2, -0.15) is 70.2 Å². The number of halogens is 16. The van der Waals surface area contributed by atoms with E-state index in [1.165, 1.54) is 0 Å². The standard InChI is InChI=1S/C18H22F16O/c1-3-5-7-11(19,20)15(27,28)17(31,32)13(23,24)9-35-10-14(25,26)18(33,34)16(29,30)12(21,22)8-6-4-2/h3-10H2,1-2H3. The van der Waals surface area contributed by atoms with Crippen LogP contribution in [0.3, 0.4) is 0 Å². The summed E-state index contributed by atoms with van der Waals surface area (Å²) in [6.07, 6.45) is -6.12. The van der Waals surface area contributed by atoms with Crippen LogP contribution in [0.4, 0.5) is 70.2 Å². The van der Waals surface area contributed by atoms with Gasteiger partial charge in [-0.15, -0.1) is 0 Å². The Balaban J connectivity index is 5.70. The smallest absolute Gasteiger partial charge is 0.368 e. The van der Waals surface area contributed by atoms with Crippen LogP contribution in [-0.4, -0.2) is 60.6 Å². The van der Waals surface area contributed by atoms with Crippen molar-refractivity contribution in [2.24, 2.45) is 0 Å². The summed E-state index contributed by atoms with van der Waals surface area (Å²) in [5.41, 5.74) is 0. The lowest BCUT2D eigenvalue weighted by Gasteiger charge is -2.38. The van der Waals surface area contributed by atoms with Gasteiger partial charge in [0.1, 0.15) is 13.2 Å². The number of rotatable bonds is 16. The van der Waals surface area contributed by atoms with Crippen LogP contribution in [0.1, 0.15) is 52.4 Å². The highest BCUT2D eigenvalue weighted by Gasteiger charge is 2.81. The van der Waals surface area contributed by atoms with E-state index in [0.29, 0.717) is 0 Å². The van der Waals surface area contributed by atoms with E-state index >= 15 is 0 Å². The third-order valence-electron chi connectivity index (χ3n) is 4.88. The minimum atomic E-state index is -6.99. The van der Waals surface area contributed by atoms with Crippen LogP contribution in [-0.2, 0) is 4.74 Å². The number of hydrogen-bond acceptors (Lipinski definition) is 1. The van der Waals surface area contributed by atoms with E-state index in [9.17, 15) is 70.2 Å². The predicted molar refractivity (Wildman–Crippen MR) is 89.4 cm³/mol. The highest BCUT2D eigenvalue weighted by Crippen LogP contribution is 2.56. The first-order valence-electron chi connectivity index (χ1n) is 9.93. The molecule has 0 saturated heterocycles. The van der Waals surface area contributed by atoms with E-state index in [1.807, 2.05) is 0 Å². The lowest BCUT2D eigenvalue weighted by Crippen LogP contribution is -2.64. The van der Waals surface area contributed by atoms with E-state index in [2.05, 4.69) is 4.74 Å². The van der Waals surface area contributed by atoms with Gasteiger partial charge in [0.25, 0.3) is 0 Å². The predicted octanol–water partition coefficient (Wildman–Crippen LogP) is 8.47. The van der Waals surface area contributed by atoms with Gasteiger partial charge in [0.2, 0.25) is 0 Å². The van der Waals surface area contributed by atoms with Gasteiger partial charge in [-0.05, 0) is 12.8 Å². The SMILES string of the molecule is CCCCC(F)(F)C(F)(F)C(F)(F)C(F)(F)COCC(F)(F)C(F)(F)C(F)(F)C(F)(F)CCCC. The topological polar surface area (TPSA) is 9.23 Å². The molecule has 0 bridgehead atoms. The molecule has 0 aliphatic carbocycles. The quantitative estimate of drug-likeness (QED) is 0.173. The third kappa shape index (κ3) is 6.22. The first kappa shape index (κ1) is 33.8. The molecule has 0 rings (SSSR count). The Morgan fingerprint density at radius 3 is 0.857 bits per heavy atom. The fraction of sp³-hybridized carbons (Fsp3) is 1.00. The normalized spacial score (nSPS) is 15.6. The Kier molecular flexibility index (Phi) is 10.3. The Morgan fingerprint density at radius 1 is 0.400 bits per heavy atom. The van der Waals surface area contributed by atoms with E-state index in [0.717, 1.165) is 13.8 Å². The molecule has 0 heterocycles. The number of alkyl halides is 16. The third-order valence-corrected chi connectivity index (χ3v) is 4.88. The summed E-state index contributed by atoms with van der Waals surface area (Å²) in [6, 6.07) is 0. The Morgan fingerprint density at radius 2 is 0.629 bits per heavy atom. The summed E-state index contributed by atoms with van der Waals surface area (Å²) in [7, 11) is 0. The second-order valence-corrected chi connectivity index (χ2v) is 7.82. The van der Waals surface area contributed by atoms with Gasteiger partial charge in [-0.1, -0.05) is 26.7 Å². The lowest BCUT2D eigenvalue weighted by molar-refractivity contribution is -0.384. The zero-order chi connectivity index (χ0) is 28.4. The van der Waals surface area contributed by atoms with Gasteiger partial charge >= 0.3 is 47.4 Å². The Hall–Kier alpha value is -1.16. The van der Waals surface area contributed by atoms with Crippen LogP contribution in [0.25, 0.3) is 0 Å². The molecule has 0 spiro atoms. The van der Waals surface area contributed by atoms with E-state index < -0.39 is 86.3 Å². The summed E-state index contributed by atoms with van der Waals surface area (Å²) < 4.78 is 220. The summed E-state index contributed by atoms with van der Waals surface area (Å²) in [5.74, 6) is -51.9. The zero-order valence-electron chi connectivity index (χ0n) is 18.1. The van der Waals surface area contributed by atoms with Crippen LogP contribution < -0.4 is 0 Å². The molecule has 0 fully saturated rings. The van der Waals surface area contributed by atoms with Crippen molar-refractivity contribution in [1.82, 2.24) is 0 Å². The van der Waals surface area contributed by atoms with Crippen molar-refractivity contribution >= 4 is 0 Å². The van der Waals surface area contributed by atoms with Gasteiger partial charge < -0.3 is 4.74 Å². The van der Waals surface area contributed by atoms with Crippen LogP contribution in [0.2, 0.25) is 0 Å². The molecule has 0 unspecified atom stereocenters. The van der Waals surface area contributed by atoms with Gasteiger partial charge in [-0.25, -0.2) is 0 Å². The molecule has 0 amide bonds. The van der Waals surface area contributed by atoms with Gasteiger partial charge in [-0.3, -0.25) is 0 Å². The first-order chi connectivity index (χ1) is 15.3. The molecular formula is C18H22F16O. The maximum absolute atomic E-state index is 13.6. The molecule has 212 valence electrons. The van der Waals surface area contributed by atoms with Crippen LogP contribution in [0.15, 0.2) is 0 Å². The molecule has 0 aromatic rings. The van der Waals surface area contributed by atoms with Crippen molar-refractivity contribution < 1.29 is 75.0 Å². The van der Waals surface area contributed by atoms with Crippen molar-refractivity contribution in [2.45, 2.75) is 99.8 Å². The zero-order valence-corrected chi connectivity index (χ0v) is 18.1. The molecule has 0 radical (unpaired) electrons. The van der Waals surface area contributed by atoms with E-state index in [4.69, 9.17) is 0 Å². The second kappa shape index (κ2) is 10.7. The number of hydrogen-bond donors (Lipinski definition) is 0. The monoisotopic (exact) mass is 558 g/mol. The minimum absolute atomic E-state index is 0.248. The van der Waals surface area contributed by atoms with Crippen molar-refractivity contribution in [2.75, 3.05) is 13.2 Å². The first-order valence-corrected chi connectivity index (χ1v) is 9.93. The second-order valence-electron chi connectivity index (χ2n) is 7.82. The Bertz CT molecular complexity index is 617. The molecule has 0 aliphatic heterocycles. The fourth-order valence-corrected chi connectivity index (χ4v) is 2.52. The summed E-state index contributed by atoms with van der Waals surface area (Å²) >= 11 is 0. The summed E-state index contributed by atoms with van der Waals surface area (Å²) in [6.45, 7) is -4.37. The molecule has 0 aromatic heterocycles. The van der Waals surface area contributed by atoms with Crippen molar-refractivity contribution in [3.8, 4) is 0 Å². The van der Waals surface area contributed by atoms with Crippen LogP contribution >= 0.6 is 0 Å². The average Bonchev–Trinajstić information content (AvgIpc) is 2.69. The van der Waals surface area contributed by atoms with Gasteiger partial charge in [0, 0.05) is 12.8 Å². The molecule has 0 aromatic carbocycles. The molecule has 1 nitrogen and oxygen atoms in total. The van der Waals surface area contributed by atoms with E-state index in [1.54, 1.807) is 0 Å². The van der Waals surface area contributed by atoms with Gasteiger partial charge in [0.15, 0.2) is 0 Å². The minimum Gasteiger partial charge on any atom is -0.368 e. The Labute approximate surface area is 189 Å². The molecule has 35 heavy (non-hydrogen) atoms. The maximum atomic E-state index is 13.6. The van der Waals surface area contributed by atoms with E-state index in [-0.39, 0.29) is 12.8 Å². The molecule has 0 N–H and O–H groups in total. The molecule has 0 aliphatic rings. The molecule has 0 saturated carbocycles. The maximum Gasteiger partial charge on any atom is 0.380 e.